The summed E-state index contributed by atoms with van der Waals surface area (Å²) in [6, 6.07) is 5.06. The quantitative estimate of drug-likeness (QED) is 0.862. The van der Waals surface area contributed by atoms with Crippen molar-refractivity contribution in [3.05, 3.63) is 29.3 Å². The number of nitrogens with zero attached hydrogens (tertiary/aromatic N) is 1. The van der Waals surface area contributed by atoms with Gasteiger partial charge in [-0.05, 0) is 43.5 Å². The molecule has 3 N–H and O–H groups in total. The van der Waals surface area contributed by atoms with Gasteiger partial charge in [-0.25, -0.2) is 4.79 Å². The van der Waals surface area contributed by atoms with E-state index >= 15 is 0 Å². The Balaban J connectivity index is 2.22. The van der Waals surface area contributed by atoms with Gasteiger partial charge < -0.3 is 15.7 Å². The Labute approximate surface area is 112 Å². The highest BCUT2D eigenvalue weighted by molar-refractivity contribution is 5.88. The van der Waals surface area contributed by atoms with Gasteiger partial charge in [-0.1, -0.05) is 0 Å². The van der Waals surface area contributed by atoms with Gasteiger partial charge in [-0.2, -0.15) is 0 Å². The summed E-state index contributed by atoms with van der Waals surface area (Å²) in [5, 5.41) is 8.95. The molecule has 19 heavy (non-hydrogen) atoms. The normalized spacial score (nSPS) is 19.2. The third-order valence-electron chi connectivity index (χ3n) is 3.61. The van der Waals surface area contributed by atoms with E-state index in [1.807, 2.05) is 13.0 Å². The second-order valence-electron chi connectivity index (χ2n) is 4.99. The summed E-state index contributed by atoms with van der Waals surface area (Å²) in [4.78, 5) is 24.3. The van der Waals surface area contributed by atoms with Crippen molar-refractivity contribution >= 4 is 17.6 Å². The predicted molar refractivity (Wildman–Crippen MR) is 72.3 cm³/mol. The number of piperidine rings is 1. The van der Waals surface area contributed by atoms with Gasteiger partial charge in [-0.15, -0.1) is 0 Å². The van der Waals surface area contributed by atoms with E-state index in [0.29, 0.717) is 6.54 Å². The maximum Gasteiger partial charge on any atom is 0.335 e. The van der Waals surface area contributed by atoms with Crippen LogP contribution in [-0.4, -0.2) is 30.1 Å². The largest absolute Gasteiger partial charge is 0.478 e. The molecule has 0 saturated carbocycles. The Kier molecular flexibility index (Phi) is 3.74. The summed E-state index contributed by atoms with van der Waals surface area (Å²) < 4.78 is 0. The van der Waals surface area contributed by atoms with E-state index in [2.05, 4.69) is 4.90 Å². The molecule has 0 aromatic heterocycles. The number of hydrogen-bond acceptors (Lipinski definition) is 3. The summed E-state index contributed by atoms with van der Waals surface area (Å²) in [5.41, 5.74) is 7.54. The van der Waals surface area contributed by atoms with Crippen molar-refractivity contribution in [2.45, 2.75) is 19.8 Å². The van der Waals surface area contributed by atoms with Gasteiger partial charge in [0.15, 0.2) is 0 Å². The second-order valence-corrected chi connectivity index (χ2v) is 4.99. The van der Waals surface area contributed by atoms with Crippen LogP contribution >= 0.6 is 0 Å². The number of benzene rings is 1. The van der Waals surface area contributed by atoms with Crippen LogP contribution < -0.4 is 10.6 Å². The standard InChI is InChI=1S/C14H18N2O3/c1-9-7-10(14(18)19)4-5-12(9)16-6-2-3-11(8-16)13(15)17/h4-5,7,11H,2-3,6,8H2,1H3,(H2,15,17)(H,18,19). The molecule has 0 spiro atoms. The Morgan fingerprint density at radius 1 is 1.42 bits per heavy atom. The molecule has 1 amide bonds. The summed E-state index contributed by atoms with van der Waals surface area (Å²) >= 11 is 0. The van der Waals surface area contributed by atoms with Crippen LogP contribution in [0.25, 0.3) is 0 Å². The monoisotopic (exact) mass is 262 g/mol. The molecule has 1 unspecified atom stereocenters. The molecule has 0 radical (unpaired) electrons. The molecular formula is C14H18N2O3. The minimum Gasteiger partial charge on any atom is -0.478 e. The van der Waals surface area contributed by atoms with Crippen LogP contribution in [0.4, 0.5) is 5.69 Å². The van der Waals surface area contributed by atoms with Crippen molar-refractivity contribution in [3.8, 4) is 0 Å². The average molecular weight is 262 g/mol. The number of primary amides is 1. The number of amides is 1. The van der Waals surface area contributed by atoms with E-state index in [1.165, 1.54) is 0 Å². The van der Waals surface area contributed by atoms with Crippen LogP contribution in [0.2, 0.25) is 0 Å². The first-order valence-corrected chi connectivity index (χ1v) is 6.37. The van der Waals surface area contributed by atoms with E-state index in [4.69, 9.17) is 10.8 Å². The highest BCUT2D eigenvalue weighted by atomic mass is 16.4. The smallest absolute Gasteiger partial charge is 0.335 e. The molecule has 2 rings (SSSR count). The Morgan fingerprint density at radius 3 is 2.74 bits per heavy atom. The maximum atomic E-state index is 11.3. The number of rotatable bonds is 3. The number of carboxylic acid groups (broad SMARTS) is 1. The third-order valence-corrected chi connectivity index (χ3v) is 3.61. The number of hydrogen-bond donors (Lipinski definition) is 2. The Morgan fingerprint density at radius 2 is 2.16 bits per heavy atom. The summed E-state index contributed by atoms with van der Waals surface area (Å²) in [6.45, 7) is 3.37. The predicted octanol–water partition coefficient (Wildman–Crippen LogP) is 1.39. The number of aromatic carboxylic acids is 1. The van der Waals surface area contributed by atoms with Gasteiger partial charge in [0, 0.05) is 18.8 Å². The average Bonchev–Trinajstić information content (AvgIpc) is 2.38. The van der Waals surface area contributed by atoms with Crippen molar-refractivity contribution in [1.29, 1.82) is 0 Å². The van der Waals surface area contributed by atoms with Crippen LogP contribution in [0.1, 0.15) is 28.8 Å². The van der Waals surface area contributed by atoms with E-state index in [-0.39, 0.29) is 17.4 Å². The fourth-order valence-corrected chi connectivity index (χ4v) is 2.57. The molecule has 0 aliphatic carbocycles. The van der Waals surface area contributed by atoms with Gasteiger partial charge in [-0.3, -0.25) is 4.79 Å². The van der Waals surface area contributed by atoms with Crippen LogP contribution in [0.15, 0.2) is 18.2 Å². The summed E-state index contributed by atoms with van der Waals surface area (Å²) in [6.07, 6.45) is 1.76. The first-order valence-electron chi connectivity index (χ1n) is 6.37. The highest BCUT2D eigenvalue weighted by Gasteiger charge is 2.25. The van der Waals surface area contributed by atoms with Gasteiger partial charge in [0.2, 0.25) is 5.91 Å². The molecule has 5 heteroatoms. The van der Waals surface area contributed by atoms with Crippen molar-refractivity contribution < 1.29 is 14.7 Å². The summed E-state index contributed by atoms with van der Waals surface area (Å²) in [5.74, 6) is -1.31. The fourth-order valence-electron chi connectivity index (χ4n) is 2.57. The molecule has 1 heterocycles. The molecule has 1 aliphatic rings. The number of anilines is 1. The topological polar surface area (TPSA) is 83.6 Å². The molecule has 1 aromatic carbocycles. The minimum absolute atomic E-state index is 0.118. The number of nitrogens with two attached hydrogens (primary N) is 1. The van der Waals surface area contributed by atoms with Crippen molar-refractivity contribution in [2.75, 3.05) is 18.0 Å². The molecular weight excluding hydrogens is 244 g/mol. The van der Waals surface area contributed by atoms with E-state index in [0.717, 1.165) is 30.6 Å². The lowest BCUT2D eigenvalue weighted by atomic mass is 9.96. The van der Waals surface area contributed by atoms with E-state index in [1.54, 1.807) is 12.1 Å². The van der Waals surface area contributed by atoms with E-state index < -0.39 is 5.97 Å². The number of carbonyl (C=O) groups excluding carboxylic acids is 1. The molecule has 1 aromatic rings. The lowest BCUT2D eigenvalue weighted by molar-refractivity contribution is -0.122. The molecule has 5 nitrogen and oxygen atoms in total. The maximum absolute atomic E-state index is 11.3. The first kappa shape index (κ1) is 13.4. The fraction of sp³-hybridized carbons (Fsp3) is 0.429. The van der Waals surface area contributed by atoms with Crippen LogP contribution in [-0.2, 0) is 4.79 Å². The number of aryl methyl sites for hydroxylation is 1. The van der Waals surface area contributed by atoms with Gasteiger partial charge in [0.25, 0.3) is 0 Å². The lowest BCUT2D eigenvalue weighted by Crippen LogP contribution is -2.41. The van der Waals surface area contributed by atoms with Crippen molar-refractivity contribution in [3.63, 3.8) is 0 Å². The zero-order chi connectivity index (χ0) is 14.0. The van der Waals surface area contributed by atoms with Gasteiger partial charge in [0.1, 0.15) is 0 Å². The van der Waals surface area contributed by atoms with Crippen molar-refractivity contribution in [2.24, 2.45) is 11.7 Å². The second kappa shape index (κ2) is 5.30. The SMILES string of the molecule is Cc1cc(C(=O)O)ccc1N1CCCC(C(N)=O)C1. The molecule has 1 atom stereocenters. The molecule has 0 bridgehead atoms. The zero-order valence-electron chi connectivity index (χ0n) is 10.9. The number of carboxylic acids is 1. The van der Waals surface area contributed by atoms with Gasteiger partial charge in [0.05, 0.1) is 11.5 Å². The third kappa shape index (κ3) is 2.86. The van der Waals surface area contributed by atoms with Gasteiger partial charge >= 0.3 is 5.97 Å². The lowest BCUT2D eigenvalue weighted by Gasteiger charge is -2.34. The number of carbonyl (C=O) groups is 2. The Bertz CT molecular complexity index is 513. The Hall–Kier alpha value is -2.04. The molecule has 1 fully saturated rings. The molecule has 1 aliphatic heterocycles. The molecule has 1 saturated heterocycles. The molecule has 102 valence electrons. The van der Waals surface area contributed by atoms with Crippen molar-refractivity contribution in [1.82, 2.24) is 0 Å². The van der Waals surface area contributed by atoms with Crippen LogP contribution in [0.3, 0.4) is 0 Å². The highest BCUT2D eigenvalue weighted by Crippen LogP contribution is 2.26. The first-order chi connectivity index (χ1) is 8.99. The van der Waals surface area contributed by atoms with E-state index in [9.17, 15) is 9.59 Å². The minimum atomic E-state index is -0.927. The summed E-state index contributed by atoms with van der Waals surface area (Å²) in [7, 11) is 0. The van der Waals surface area contributed by atoms with Crippen LogP contribution in [0.5, 0.6) is 0 Å². The zero-order valence-corrected chi connectivity index (χ0v) is 10.9. The van der Waals surface area contributed by atoms with Crippen LogP contribution in [0, 0.1) is 12.8 Å².